The molecule has 0 atom stereocenters. The van der Waals surface area contributed by atoms with Crippen molar-refractivity contribution in [3.05, 3.63) is 53.2 Å². The highest BCUT2D eigenvalue weighted by Crippen LogP contribution is 2.30. The van der Waals surface area contributed by atoms with Crippen molar-refractivity contribution < 1.29 is 4.79 Å². The Hall–Kier alpha value is -1.67. The van der Waals surface area contributed by atoms with Crippen LogP contribution in [-0.2, 0) is 11.2 Å². The predicted molar refractivity (Wildman–Crippen MR) is 94.5 cm³/mol. The van der Waals surface area contributed by atoms with Crippen molar-refractivity contribution in [2.75, 3.05) is 0 Å². The molecule has 2 aromatic rings. The minimum atomic E-state index is 0.312. The third kappa shape index (κ3) is 4.42. The number of nitrogens with zero attached hydrogens (tertiary/aromatic N) is 1. The van der Waals surface area contributed by atoms with E-state index in [4.69, 9.17) is 11.6 Å². The van der Waals surface area contributed by atoms with Crippen molar-refractivity contribution >= 4 is 17.9 Å². The number of rotatable bonds is 5. The Kier molecular flexibility index (Phi) is 5.45. The Labute approximate surface area is 142 Å². The minimum absolute atomic E-state index is 0.312. The van der Waals surface area contributed by atoms with Crippen LogP contribution in [0.25, 0.3) is 11.3 Å². The van der Waals surface area contributed by atoms with Gasteiger partial charge < -0.3 is 4.79 Å². The molecule has 120 valence electrons. The van der Waals surface area contributed by atoms with Crippen LogP contribution in [0.5, 0.6) is 0 Å². The van der Waals surface area contributed by atoms with E-state index >= 15 is 0 Å². The number of hydrogen-bond acceptors (Lipinski definition) is 2. The fourth-order valence-electron chi connectivity index (χ4n) is 3.35. The topological polar surface area (TPSA) is 30.0 Å². The summed E-state index contributed by atoms with van der Waals surface area (Å²) >= 11 is 5.92. The minimum Gasteiger partial charge on any atom is -0.303 e. The van der Waals surface area contributed by atoms with Gasteiger partial charge in [0.1, 0.15) is 6.29 Å². The molecule has 1 aromatic heterocycles. The van der Waals surface area contributed by atoms with Crippen LogP contribution in [0.3, 0.4) is 0 Å². The van der Waals surface area contributed by atoms with E-state index in [1.165, 1.54) is 24.8 Å². The molecule has 0 spiro atoms. The Morgan fingerprint density at radius 1 is 1.04 bits per heavy atom. The zero-order valence-corrected chi connectivity index (χ0v) is 14.0. The number of aromatic nitrogens is 1. The molecule has 0 N–H and O–H groups in total. The van der Waals surface area contributed by atoms with E-state index in [0.717, 1.165) is 47.7 Å². The SMILES string of the molecule is O=C[C@H]1CC[C@H](CCc2ccc(-c3ccc(Cl)cc3)nc2)CC1. The maximum atomic E-state index is 10.8. The summed E-state index contributed by atoms with van der Waals surface area (Å²) in [6, 6.07) is 12.0. The molecule has 1 fully saturated rings. The molecular formula is C20H22ClNO. The molecule has 1 aliphatic carbocycles. The normalized spacial score (nSPS) is 21.1. The van der Waals surface area contributed by atoms with Crippen LogP contribution in [0.1, 0.15) is 37.7 Å². The lowest BCUT2D eigenvalue weighted by molar-refractivity contribution is -0.112. The van der Waals surface area contributed by atoms with E-state index in [1.54, 1.807) is 0 Å². The van der Waals surface area contributed by atoms with Crippen LogP contribution >= 0.6 is 11.6 Å². The first-order valence-corrected chi connectivity index (χ1v) is 8.78. The fourth-order valence-corrected chi connectivity index (χ4v) is 3.47. The van der Waals surface area contributed by atoms with Crippen molar-refractivity contribution in [1.82, 2.24) is 4.98 Å². The Morgan fingerprint density at radius 2 is 1.78 bits per heavy atom. The molecule has 0 aliphatic heterocycles. The maximum Gasteiger partial charge on any atom is 0.123 e. The summed E-state index contributed by atoms with van der Waals surface area (Å²) in [4.78, 5) is 15.4. The number of carbonyl (C=O) groups is 1. The third-order valence-electron chi connectivity index (χ3n) is 4.89. The van der Waals surface area contributed by atoms with Gasteiger partial charge in [-0.25, -0.2) is 0 Å². The zero-order chi connectivity index (χ0) is 16.1. The Morgan fingerprint density at radius 3 is 2.39 bits per heavy atom. The summed E-state index contributed by atoms with van der Waals surface area (Å²) in [5.41, 5.74) is 3.37. The van der Waals surface area contributed by atoms with Crippen LogP contribution < -0.4 is 0 Å². The van der Waals surface area contributed by atoms with Gasteiger partial charge in [-0.05, 0) is 68.2 Å². The third-order valence-corrected chi connectivity index (χ3v) is 5.14. The van der Waals surface area contributed by atoms with Crippen LogP contribution in [-0.4, -0.2) is 11.3 Å². The molecule has 0 radical (unpaired) electrons. The number of halogens is 1. The first-order valence-electron chi connectivity index (χ1n) is 8.41. The molecule has 0 unspecified atom stereocenters. The summed E-state index contributed by atoms with van der Waals surface area (Å²) in [5.74, 6) is 1.08. The van der Waals surface area contributed by atoms with Crippen LogP contribution in [0.2, 0.25) is 5.02 Å². The van der Waals surface area contributed by atoms with Crippen molar-refractivity contribution in [3.8, 4) is 11.3 Å². The number of hydrogen-bond donors (Lipinski definition) is 0. The molecular weight excluding hydrogens is 306 g/mol. The van der Waals surface area contributed by atoms with Gasteiger partial charge in [0.05, 0.1) is 5.69 Å². The zero-order valence-electron chi connectivity index (χ0n) is 13.2. The standard InChI is InChI=1S/C20H22ClNO/c21-19-10-8-18(9-11-19)20-12-7-16(13-22-20)4-1-15-2-5-17(14-23)6-3-15/h7-15,17H,1-6H2/t15-,17-. The first-order chi connectivity index (χ1) is 11.2. The van der Waals surface area contributed by atoms with Crippen LogP contribution in [0.15, 0.2) is 42.6 Å². The molecule has 3 heteroatoms. The van der Waals surface area contributed by atoms with Gasteiger partial charge in [0, 0.05) is 22.7 Å². The second-order valence-corrected chi connectivity index (χ2v) is 6.95. The van der Waals surface area contributed by atoms with Gasteiger partial charge >= 0.3 is 0 Å². The number of pyridine rings is 1. The molecule has 3 rings (SSSR count). The lowest BCUT2D eigenvalue weighted by Crippen LogP contribution is -2.15. The lowest BCUT2D eigenvalue weighted by atomic mass is 9.80. The molecule has 0 amide bonds. The summed E-state index contributed by atoms with van der Waals surface area (Å²) in [6.07, 6.45) is 9.93. The highest BCUT2D eigenvalue weighted by Gasteiger charge is 2.20. The maximum absolute atomic E-state index is 10.8. The molecule has 0 saturated heterocycles. The predicted octanol–water partition coefficient (Wildman–Crippen LogP) is 5.34. The number of carbonyl (C=O) groups excluding carboxylic acids is 1. The quantitative estimate of drug-likeness (QED) is 0.694. The van der Waals surface area contributed by atoms with Gasteiger partial charge in [0.25, 0.3) is 0 Å². The highest BCUT2D eigenvalue weighted by molar-refractivity contribution is 6.30. The molecule has 2 nitrogen and oxygen atoms in total. The van der Waals surface area contributed by atoms with Gasteiger partial charge in [0.15, 0.2) is 0 Å². The number of benzene rings is 1. The lowest BCUT2D eigenvalue weighted by Gasteiger charge is -2.25. The van der Waals surface area contributed by atoms with Crippen molar-refractivity contribution in [2.45, 2.75) is 38.5 Å². The summed E-state index contributed by atoms with van der Waals surface area (Å²) in [5, 5.41) is 0.745. The van der Waals surface area contributed by atoms with Crippen LogP contribution in [0, 0.1) is 11.8 Å². The fraction of sp³-hybridized carbons (Fsp3) is 0.400. The van der Waals surface area contributed by atoms with E-state index in [1.807, 2.05) is 30.5 Å². The first kappa shape index (κ1) is 16.2. The molecule has 1 heterocycles. The second kappa shape index (κ2) is 7.74. The largest absolute Gasteiger partial charge is 0.303 e. The Balaban J connectivity index is 1.54. The van der Waals surface area contributed by atoms with Crippen LogP contribution in [0.4, 0.5) is 0 Å². The average Bonchev–Trinajstić information content (AvgIpc) is 2.61. The number of aryl methyl sites for hydroxylation is 1. The van der Waals surface area contributed by atoms with E-state index in [2.05, 4.69) is 17.1 Å². The van der Waals surface area contributed by atoms with Gasteiger partial charge in [-0.2, -0.15) is 0 Å². The van der Waals surface area contributed by atoms with Crippen molar-refractivity contribution in [1.29, 1.82) is 0 Å². The molecule has 23 heavy (non-hydrogen) atoms. The summed E-state index contributed by atoms with van der Waals surface area (Å²) in [7, 11) is 0. The highest BCUT2D eigenvalue weighted by atomic mass is 35.5. The molecule has 1 aromatic carbocycles. The van der Waals surface area contributed by atoms with Gasteiger partial charge in [-0.1, -0.05) is 29.8 Å². The van der Waals surface area contributed by atoms with Gasteiger partial charge in [-0.15, -0.1) is 0 Å². The smallest absolute Gasteiger partial charge is 0.123 e. The molecule has 0 bridgehead atoms. The van der Waals surface area contributed by atoms with Gasteiger partial charge in [-0.3, -0.25) is 4.98 Å². The van der Waals surface area contributed by atoms with E-state index in [9.17, 15) is 4.79 Å². The Bertz CT molecular complexity index is 628. The van der Waals surface area contributed by atoms with Crippen molar-refractivity contribution in [3.63, 3.8) is 0 Å². The van der Waals surface area contributed by atoms with Crippen molar-refractivity contribution in [2.24, 2.45) is 11.8 Å². The monoisotopic (exact) mass is 327 g/mol. The number of aldehydes is 1. The summed E-state index contributed by atoms with van der Waals surface area (Å²) in [6.45, 7) is 0. The molecule has 1 aliphatic rings. The van der Waals surface area contributed by atoms with Gasteiger partial charge in [0.2, 0.25) is 0 Å². The van der Waals surface area contributed by atoms with E-state index in [-0.39, 0.29) is 0 Å². The second-order valence-electron chi connectivity index (χ2n) is 6.51. The summed E-state index contributed by atoms with van der Waals surface area (Å²) < 4.78 is 0. The molecule has 1 saturated carbocycles. The van der Waals surface area contributed by atoms with E-state index < -0.39 is 0 Å². The van der Waals surface area contributed by atoms with E-state index in [0.29, 0.717) is 5.92 Å². The average molecular weight is 328 g/mol.